The maximum atomic E-state index is 13.5. The lowest BCUT2D eigenvalue weighted by atomic mass is 9.77. The third kappa shape index (κ3) is 4.79. The Bertz CT molecular complexity index is 1390. The van der Waals surface area contributed by atoms with Crippen molar-refractivity contribution in [3.05, 3.63) is 102 Å². The van der Waals surface area contributed by atoms with Gasteiger partial charge in [-0.25, -0.2) is 9.80 Å². The Morgan fingerprint density at radius 2 is 1.66 bits per heavy atom. The van der Waals surface area contributed by atoms with Gasteiger partial charge >= 0.3 is 5.97 Å². The number of carbonyl (C=O) groups is 2. The maximum Gasteiger partial charge on any atom is 0.351 e. The van der Waals surface area contributed by atoms with Crippen molar-refractivity contribution in [1.82, 2.24) is 5.01 Å². The van der Waals surface area contributed by atoms with E-state index in [1.807, 2.05) is 54.6 Å². The standard InChI is InChI=1S/C31H28N2O5/c34-28(20-37-31(35)27-19-36-25-16-7-8-17-26(25)38-27)33-30(22-12-5-2-6-13-22)24-15-9-14-23(29(24)32-33)18-21-10-3-1-4-11-21/h1-8,10-13,16-18,24,27,30H,9,14-15,19-20H2/b23-18+/t24-,27+,30-/m1/s1. The zero-order chi connectivity index (χ0) is 25.9. The van der Waals surface area contributed by atoms with Crippen LogP contribution < -0.4 is 9.47 Å². The second kappa shape index (κ2) is 10.5. The van der Waals surface area contributed by atoms with Gasteiger partial charge in [-0.05, 0) is 54.2 Å². The molecule has 2 heterocycles. The molecule has 0 saturated heterocycles. The second-order valence-corrected chi connectivity index (χ2v) is 9.63. The molecule has 7 nitrogen and oxygen atoms in total. The quantitative estimate of drug-likeness (QED) is 0.443. The summed E-state index contributed by atoms with van der Waals surface area (Å²) in [4.78, 5) is 26.2. The Balaban J connectivity index is 1.21. The molecule has 0 spiro atoms. The van der Waals surface area contributed by atoms with E-state index in [1.165, 1.54) is 5.01 Å². The summed E-state index contributed by atoms with van der Waals surface area (Å²) >= 11 is 0. The number of allylic oxidation sites excluding steroid dienone is 1. The van der Waals surface area contributed by atoms with Crippen LogP contribution in [0.5, 0.6) is 11.5 Å². The van der Waals surface area contributed by atoms with Crippen LogP contribution in [0.2, 0.25) is 0 Å². The fraction of sp³-hybridized carbons (Fsp3) is 0.258. The molecule has 2 aliphatic heterocycles. The number of esters is 1. The molecule has 0 N–H and O–H groups in total. The van der Waals surface area contributed by atoms with Crippen LogP contribution in [0.15, 0.2) is 95.6 Å². The van der Waals surface area contributed by atoms with Gasteiger partial charge in [-0.15, -0.1) is 0 Å². The molecule has 3 atom stereocenters. The number of rotatable bonds is 5. The number of ether oxygens (including phenoxy) is 3. The molecular formula is C31H28N2O5. The van der Waals surface area contributed by atoms with Gasteiger partial charge in [0.1, 0.15) is 6.61 Å². The predicted molar refractivity (Wildman–Crippen MR) is 143 cm³/mol. The smallest absolute Gasteiger partial charge is 0.351 e. The molecule has 3 aromatic rings. The van der Waals surface area contributed by atoms with Gasteiger partial charge in [0.25, 0.3) is 5.91 Å². The highest BCUT2D eigenvalue weighted by Crippen LogP contribution is 2.44. The van der Waals surface area contributed by atoms with Gasteiger partial charge in [-0.3, -0.25) is 4.79 Å². The minimum atomic E-state index is -0.935. The van der Waals surface area contributed by atoms with Gasteiger partial charge in [0.05, 0.1) is 11.8 Å². The lowest BCUT2D eigenvalue weighted by molar-refractivity contribution is -0.160. The van der Waals surface area contributed by atoms with Crippen molar-refractivity contribution in [2.45, 2.75) is 31.4 Å². The average molecular weight is 509 g/mol. The normalized spacial score (nSPS) is 22.9. The molecule has 38 heavy (non-hydrogen) atoms. The van der Waals surface area contributed by atoms with E-state index in [0.717, 1.165) is 41.7 Å². The van der Waals surface area contributed by atoms with Gasteiger partial charge in [-0.1, -0.05) is 72.8 Å². The van der Waals surface area contributed by atoms with E-state index in [4.69, 9.17) is 19.3 Å². The Labute approximate surface area is 221 Å². The van der Waals surface area contributed by atoms with Crippen LogP contribution in [0.25, 0.3) is 6.08 Å². The lowest BCUT2D eigenvalue weighted by Crippen LogP contribution is -2.40. The van der Waals surface area contributed by atoms with Crippen LogP contribution in [-0.2, 0) is 14.3 Å². The van der Waals surface area contributed by atoms with Crippen molar-refractivity contribution in [3.8, 4) is 11.5 Å². The number of hydrogen-bond donors (Lipinski definition) is 0. The molecule has 0 radical (unpaired) electrons. The molecule has 3 aliphatic rings. The molecule has 1 amide bonds. The monoisotopic (exact) mass is 508 g/mol. The van der Waals surface area contributed by atoms with E-state index in [-0.39, 0.29) is 24.5 Å². The highest BCUT2D eigenvalue weighted by atomic mass is 16.6. The van der Waals surface area contributed by atoms with Crippen LogP contribution >= 0.6 is 0 Å². The van der Waals surface area contributed by atoms with Crippen molar-refractivity contribution >= 4 is 23.7 Å². The summed E-state index contributed by atoms with van der Waals surface area (Å²) < 4.78 is 16.8. The van der Waals surface area contributed by atoms with Crippen molar-refractivity contribution in [3.63, 3.8) is 0 Å². The maximum absolute atomic E-state index is 13.5. The van der Waals surface area contributed by atoms with Crippen molar-refractivity contribution in [2.75, 3.05) is 13.2 Å². The third-order valence-electron chi connectivity index (χ3n) is 7.15. The zero-order valence-corrected chi connectivity index (χ0v) is 20.9. The molecule has 7 heteroatoms. The molecule has 1 saturated carbocycles. The molecule has 1 aliphatic carbocycles. The van der Waals surface area contributed by atoms with E-state index in [1.54, 1.807) is 18.2 Å². The topological polar surface area (TPSA) is 77.4 Å². The average Bonchev–Trinajstić information content (AvgIpc) is 3.37. The Morgan fingerprint density at radius 3 is 2.45 bits per heavy atom. The SMILES string of the molecule is O=C(OCC(=O)N1N=C2/C(=C/c3ccccc3)CCC[C@H]2[C@H]1c1ccccc1)[C@@H]1COc2ccccc2O1. The molecule has 0 unspecified atom stereocenters. The number of amides is 1. The van der Waals surface area contributed by atoms with Gasteiger partial charge in [0.15, 0.2) is 18.1 Å². The van der Waals surface area contributed by atoms with Crippen LogP contribution in [-0.4, -0.2) is 41.9 Å². The highest BCUT2D eigenvalue weighted by Gasteiger charge is 2.44. The first kappa shape index (κ1) is 24.0. The molecule has 6 rings (SSSR count). The fourth-order valence-electron chi connectivity index (χ4n) is 5.37. The predicted octanol–water partition coefficient (Wildman–Crippen LogP) is 5.19. The van der Waals surface area contributed by atoms with E-state index < -0.39 is 18.7 Å². The van der Waals surface area contributed by atoms with Crippen LogP contribution in [0.3, 0.4) is 0 Å². The summed E-state index contributed by atoms with van der Waals surface area (Å²) in [6.07, 6.45) is 4.09. The second-order valence-electron chi connectivity index (χ2n) is 9.63. The summed E-state index contributed by atoms with van der Waals surface area (Å²) in [5.41, 5.74) is 4.20. The van der Waals surface area contributed by atoms with Crippen molar-refractivity contribution < 1.29 is 23.8 Å². The number of carbonyl (C=O) groups excluding carboxylic acids is 2. The molecule has 3 aromatic carbocycles. The van der Waals surface area contributed by atoms with Crippen LogP contribution in [0.4, 0.5) is 0 Å². The number of hydrogen-bond acceptors (Lipinski definition) is 6. The van der Waals surface area contributed by atoms with E-state index in [0.29, 0.717) is 11.5 Å². The molecule has 0 bridgehead atoms. The molecular weight excluding hydrogens is 480 g/mol. The van der Waals surface area contributed by atoms with Gasteiger partial charge in [0, 0.05) is 5.92 Å². The number of fused-ring (bicyclic) bond motifs is 2. The number of nitrogens with zero attached hydrogens (tertiary/aromatic N) is 2. The van der Waals surface area contributed by atoms with Gasteiger partial charge < -0.3 is 14.2 Å². The Morgan fingerprint density at radius 1 is 0.947 bits per heavy atom. The largest absolute Gasteiger partial charge is 0.485 e. The first-order valence-electron chi connectivity index (χ1n) is 12.9. The van der Waals surface area contributed by atoms with Gasteiger partial charge in [0.2, 0.25) is 6.10 Å². The Kier molecular flexibility index (Phi) is 6.65. The van der Waals surface area contributed by atoms with Crippen LogP contribution in [0.1, 0.15) is 36.4 Å². The summed E-state index contributed by atoms with van der Waals surface area (Å²) in [7, 11) is 0. The molecule has 0 aromatic heterocycles. The number of para-hydroxylation sites is 2. The minimum Gasteiger partial charge on any atom is -0.485 e. The molecule has 1 fully saturated rings. The third-order valence-corrected chi connectivity index (χ3v) is 7.15. The van der Waals surface area contributed by atoms with Crippen LogP contribution in [0, 0.1) is 5.92 Å². The van der Waals surface area contributed by atoms with E-state index in [2.05, 4.69) is 18.2 Å². The molecule has 192 valence electrons. The van der Waals surface area contributed by atoms with Crippen molar-refractivity contribution in [1.29, 1.82) is 0 Å². The van der Waals surface area contributed by atoms with Crippen molar-refractivity contribution in [2.24, 2.45) is 11.0 Å². The zero-order valence-electron chi connectivity index (χ0n) is 20.9. The van der Waals surface area contributed by atoms with E-state index >= 15 is 0 Å². The minimum absolute atomic E-state index is 0.0262. The summed E-state index contributed by atoms with van der Waals surface area (Å²) in [5.74, 6) is 0.118. The highest BCUT2D eigenvalue weighted by molar-refractivity contribution is 6.08. The van der Waals surface area contributed by atoms with Gasteiger partial charge in [-0.2, -0.15) is 5.10 Å². The number of benzene rings is 3. The summed E-state index contributed by atoms with van der Waals surface area (Å²) in [6, 6.07) is 27.0. The fourth-order valence-corrected chi connectivity index (χ4v) is 5.37. The van der Waals surface area contributed by atoms with E-state index in [9.17, 15) is 9.59 Å². The lowest BCUT2D eigenvalue weighted by Gasteiger charge is -2.29. The first-order chi connectivity index (χ1) is 18.7. The number of hydrazone groups is 1. The summed E-state index contributed by atoms with van der Waals surface area (Å²) in [6.45, 7) is -0.399. The Hall–Kier alpha value is -4.39. The first-order valence-corrected chi connectivity index (χ1v) is 12.9. The summed E-state index contributed by atoms with van der Waals surface area (Å²) in [5, 5.41) is 6.36.